The molecular weight excluding hydrogens is 297 g/mol. The van der Waals surface area contributed by atoms with Crippen molar-refractivity contribution in [2.24, 2.45) is 0 Å². The smallest absolute Gasteiger partial charge is 0.346 e. The zero-order valence-corrected chi connectivity index (χ0v) is 11.9. The fourth-order valence-electron chi connectivity index (χ4n) is 1.72. The maximum absolute atomic E-state index is 13.6. The Hall–Kier alpha value is -2.50. The van der Waals surface area contributed by atoms with E-state index < -0.39 is 29.0 Å². The molecule has 0 aliphatic rings. The van der Waals surface area contributed by atoms with E-state index in [-0.39, 0.29) is 17.6 Å². The molecule has 0 unspecified atom stereocenters. The van der Waals surface area contributed by atoms with E-state index in [1.165, 1.54) is 6.07 Å². The summed E-state index contributed by atoms with van der Waals surface area (Å²) in [7, 11) is 0. The molecule has 6 heteroatoms. The average Bonchev–Trinajstić information content (AvgIpc) is 2.46. The third-order valence-electron chi connectivity index (χ3n) is 2.67. The van der Waals surface area contributed by atoms with Gasteiger partial charge in [0.1, 0.15) is 0 Å². The molecule has 116 valence electrons. The van der Waals surface area contributed by atoms with Crippen LogP contribution < -0.4 is 9.47 Å². The van der Waals surface area contributed by atoms with Crippen LogP contribution in [0.1, 0.15) is 24.2 Å². The highest BCUT2D eigenvalue weighted by atomic mass is 19.2. The van der Waals surface area contributed by atoms with Crippen molar-refractivity contribution in [2.75, 3.05) is 0 Å². The number of esters is 1. The van der Waals surface area contributed by atoms with E-state index in [1.54, 1.807) is 32.0 Å². The summed E-state index contributed by atoms with van der Waals surface area (Å²) in [5, 5.41) is 0. The Morgan fingerprint density at radius 2 is 1.59 bits per heavy atom. The second-order valence-corrected chi connectivity index (χ2v) is 4.73. The van der Waals surface area contributed by atoms with E-state index in [9.17, 15) is 18.0 Å². The van der Waals surface area contributed by atoms with Gasteiger partial charge in [-0.15, -0.1) is 0 Å². The molecule has 22 heavy (non-hydrogen) atoms. The van der Waals surface area contributed by atoms with Crippen LogP contribution >= 0.6 is 0 Å². The lowest BCUT2D eigenvalue weighted by Gasteiger charge is -2.14. The molecule has 0 heterocycles. The van der Waals surface area contributed by atoms with Crippen molar-refractivity contribution in [1.29, 1.82) is 0 Å². The van der Waals surface area contributed by atoms with E-state index in [4.69, 9.17) is 9.47 Å². The van der Waals surface area contributed by atoms with Gasteiger partial charge in [0.2, 0.25) is 0 Å². The molecule has 2 aromatic carbocycles. The highest BCUT2D eigenvalue weighted by Gasteiger charge is 2.21. The number of carbonyl (C=O) groups is 1. The standard InChI is InChI=1S/C16H13F3O3/c1-9(2)21-12-5-3-4-6-13(12)22-16(20)10-7-8-11(17)15(19)14(10)18/h3-9H,1-2H3. The SMILES string of the molecule is CC(C)Oc1ccccc1OC(=O)c1ccc(F)c(F)c1F. The van der Waals surface area contributed by atoms with Gasteiger partial charge in [0.25, 0.3) is 0 Å². The Labute approximate surface area is 125 Å². The third-order valence-corrected chi connectivity index (χ3v) is 2.67. The van der Waals surface area contributed by atoms with Gasteiger partial charge in [0.05, 0.1) is 11.7 Å². The van der Waals surface area contributed by atoms with Gasteiger partial charge >= 0.3 is 5.97 Å². The summed E-state index contributed by atoms with van der Waals surface area (Å²) in [4.78, 5) is 11.9. The Morgan fingerprint density at radius 3 is 2.23 bits per heavy atom. The first-order chi connectivity index (χ1) is 10.4. The predicted octanol–water partition coefficient (Wildman–Crippen LogP) is 4.11. The largest absolute Gasteiger partial charge is 0.487 e. The Morgan fingerprint density at radius 1 is 0.955 bits per heavy atom. The van der Waals surface area contributed by atoms with Gasteiger partial charge in [-0.05, 0) is 38.1 Å². The predicted molar refractivity (Wildman–Crippen MR) is 73.5 cm³/mol. The molecule has 0 atom stereocenters. The molecule has 0 N–H and O–H groups in total. The van der Waals surface area contributed by atoms with Crippen molar-refractivity contribution in [3.63, 3.8) is 0 Å². The summed E-state index contributed by atoms with van der Waals surface area (Å²) >= 11 is 0. The van der Waals surface area contributed by atoms with Gasteiger partial charge in [0, 0.05) is 0 Å². The fourth-order valence-corrected chi connectivity index (χ4v) is 1.72. The number of halogens is 3. The van der Waals surface area contributed by atoms with Crippen LogP contribution in [0.15, 0.2) is 36.4 Å². The van der Waals surface area contributed by atoms with Crippen LogP contribution in [0.25, 0.3) is 0 Å². The minimum absolute atomic E-state index is 0.0605. The van der Waals surface area contributed by atoms with Crippen molar-refractivity contribution in [2.45, 2.75) is 20.0 Å². The minimum atomic E-state index is -1.72. The van der Waals surface area contributed by atoms with Crippen molar-refractivity contribution in [1.82, 2.24) is 0 Å². The van der Waals surface area contributed by atoms with Gasteiger partial charge in [-0.1, -0.05) is 12.1 Å². The molecule has 0 spiro atoms. The van der Waals surface area contributed by atoms with Gasteiger partial charge in [-0.25, -0.2) is 18.0 Å². The van der Waals surface area contributed by atoms with E-state index in [1.807, 2.05) is 0 Å². The average molecular weight is 310 g/mol. The number of para-hydroxylation sites is 2. The molecule has 2 aromatic rings. The third kappa shape index (κ3) is 3.39. The summed E-state index contributed by atoms with van der Waals surface area (Å²) in [6, 6.07) is 7.77. The van der Waals surface area contributed by atoms with Crippen LogP contribution in [0, 0.1) is 17.5 Å². The first-order valence-electron chi connectivity index (χ1n) is 6.51. The van der Waals surface area contributed by atoms with E-state index in [0.29, 0.717) is 6.07 Å². The summed E-state index contributed by atoms with van der Waals surface area (Å²) in [6.45, 7) is 3.57. The zero-order chi connectivity index (χ0) is 16.3. The maximum Gasteiger partial charge on any atom is 0.346 e. The monoisotopic (exact) mass is 310 g/mol. The lowest BCUT2D eigenvalue weighted by Crippen LogP contribution is -2.14. The number of hydrogen-bond donors (Lipinski definition) is 0. The Bertz CT molecular complexity index is 699. The summed E-state index contributed by atoms with van der Waals surface area (Å²) in [6.07, 6.45) is -0.167. The lowest BCUT2D eigenvalue weighted by molar-refractivity contribution is 0.0719. The second kappa shape index (κ2) is 6.51. The van der Waals surface area contributed by atoms with Gasteiger partial charge < -0.3 is 9.47 Å². The van der Waals surface area contributed by atoms with Gasteiger partial charge in [-0.2, -0.15) is 0 Å². The van der Waals surface area contributed by atoms with Crippen LogP contribution in [0.4, 0.5) is 13.2 Å². The van der Waals surface area contributed by atoms with Crippen LogP contribution in [0.3, 0.4) is 0 Å². The molecule has 0 aromatic heterocycles. The quantitative estimate of drug-likeness (QED) is 0.484. The topological polar surface area (TPSA) is 35.5 Å². The molecule has 0 saturated carbocycles. The Kier molecular flexibility index (Phi) is 4.70. The molecule has 3 nitrogen and oxygen atoms in total. The molecule has 2 rings (SSSR count). The van der Waals surface area contributed by atoms with Gasteiger partial charge in [0.15, 0.2) is 29.0 Å². The van der Waals surface area contributed by atoms with Crippen molar-refractivity contribution < 1.29 is 27.4 Å². The maximum atomic E-state index is 13.6. The number of ether oxygens (including phenoxy) is 2. The molecular formula is C16H13F3O3. The fraction of sp³-hybridized carbons (Fsp3) is 0.188. The summed E-state index contributed by atoms with van der Waals surface area (Å²) in [5.41, 5.74) is -0.696. The summed E-state index contributed by atoms with van der Waals surface area (Å²) in [5.74, 6) is -5.48. The van der Waals surface area contributed by atoms with Crippen LogP contribution in [-0.2, 0) is 0 Å². The first kappa shape index (κ1) is 15.9. The highest BCUT2D eigenvalue weighted by Crippen LogP contribution is 2.28. The Balaban J connectivity index is 2.28. The van der Waals surface area contributed by atoms with E-state index in [0.717, 1.165) is 6.07 Å². The molecule has 0 radical (unpaired) electrons. The number of rotatable bonds is 4. The lowest BCUT2D eigenvalue weighted by atomic mass is 10.2. The van der Waals surface area contributed by atoms with E-state index in [2.05, 4.69) is 0 Å². The van der Waals surface area contributed by atoms with Crippen LogP contribution in [0.5, 0.6) is 11.5 Å². The summed E-state index contributed by atoms with van der Waals surface area (Å²) < 4.78 is 50.1. The molecule has 0 fully saturated rings. The molecule has 0 aliphatic carbocycles. The number of benzene rings is 2. The molecule has 0 amide bonds. The second-order valence-electron chi connectivity index (χ2n) is 4.73. The van der Waals surface area contributed by atoms with Crippen molar-refractivity contribution in [3.05, 3.63) is 59.4 Å². The highest BCUT2D eigenvalue weighted by molar-refractivity contribution is 5.91. The minimum Gasteiger partial charge on any atom is -0.487 e. The van der Waals surface area contributed by atoms with Crippen molar-refractivity contribution in [3.8, 4) is 11.5 Å². The van der Waals surface area contributed by atoms with E-state index >= 15 is 0 Å². The molecule has 0 bridgehead atoms. The number of carbonyl (C=O) groups excluding carboxylic acids is 1. The van der Waals surface area contributed by atoms with Crippen LogP contribution in [-0.4, -0.2) is 12.1 Å². The molecule has 0 saturated heterocycles. The van der Waals surface area contributed by atoms with Crippen molar-refractivity contribution >= 4 is 5.97 Å². The normalized spacial score (nSPS) is 10.6. The number of hydrogen-bond acceptors (Lipinski definition) is 3. The van der Waals surface area contributed by atoms with Gasteiger partial charge in [-0.3, -0.25) is 0 Å². The van der Waals surface area contributed by atoms with Crippen LogP contribution in [0.2, 0.25) is 0 Å². The molecule has 0 aliphatic heterocycles. The first-order valence-corrected chi connectivity index (χ1v) is 6.51. The zero-order valence-electron chi connectivity index (χ0n) is 11.9.